The van der Waals surface area contributed by atoms with Crippen molar-refractivity contribution in [2.45, 2.75) is 37.9 Å². The van der Waals surface area contributed by atoms with Gasteiger partial charge in [0.25, 0.3) is 0 Å². The first kappa shape index (κ1) is 28.6. The lowest BCUT2D eigenvalue weighted by Gasteiger charge is -2.23. The summed E-state index contributed by atoms with van der Waals surface area (Å²) in [7, 11) is 1.77. The predicted octanol–water partition coefficient (Wildman–Crippen LogP) is 4.30. The van der Waals surface area contributed by atoms with Crippen LogP contribution in [0.5, 0.6) is 0 Å². The summed E-state index contributed by atoms with van der Waals surface area (Å²) in [6, 6.07) is 16.7. The van der Waals surface area contributed by atoms with Crippen LogP contribution in [0.4, 0.5) is 16.2 Å². The molecule has 0 radical (unpaired) electrons. The number of anilines is 2. The molecule has 11 heteroatoms. The molecule has 4 rings (SSSR count). The summed E-state index contributed by atoms with van der Waals surface area (Å²) in [5.74, 6) is -2.48. The zero-order chi connectivity index (χ0) is 28.8. The molecule has 3 aromatic carbocycles. The fourth-order valence-corrected chi connectivity index (χ4v) is 4.76. The molecule has 5 N–H and O–H groups in total. The number of benzene rings is 3. The standard InChI is InChI=1S/C29H29ClN4O6/c1-34-16-19-15-22(32-29(40)31-21-9-7-20(30)8-10-21)11-12-23(19)26(34)27(37)33-24(28(38)39)14-18-4-2-17(3-5-18)6-13-25(35)36/h2-5,7-12,15,24,26H,6,13-14,16H2,1H3,(H,33,37)(H,35,36)(H,38,39)(H2,31,32,40). The van der Waals surface area contributed by atoms with Gasteiger partial charge in [-0.05, 0) is 72.1 Å². The van der Waals surface area contributed by atoms with Crippen molar-refractivity contribution in [3.8, 4) is 0 Å². The van der Waals surface area contributed by atoms with Crippen LogP contribution in [0.25, 0.3) is 0 Å². The molecule has 0 saturated carbocycles. The van der Waals surface area contributed by atoms with E-state index in [4.69, 9.17) is 16.7 Å². The SMILES string of the molecule is CN1Cc2cc(NC(=O)Nc3ccc(Cl)cc3)ccc2C1C(=O)NC(Cc1ccc(CCC(=O)O)cc1)C(=O)O. The maximum Gasteiger partial charge on any atom is 0.326 e. The number of carbonyl (C=O) groups excluding carboxylic acids is 2. The summed E-state index contributed by atoms with van der Waals surface area (Å²) < 4.78 is 0. The Morgan fingerprint density at radius 3 is 2.20 bits per heavy atom. The van der Waals surface area contributed by atoms with Crippen LogP contribution in [0.1, 0.15) is 34.7 Å². The molecule has 1 aliphatic rings. The number of urea groups is 1. The van der Waals surface area contributed by atoms with Crippen molar-refractivity contribution in [2.75, 3.05) is 17.7 Å². The molecule has 0 saturated heterocycles. The van der Waals surface area contributed by atoms with E-state index < -0.39 is 36.0 Å². The van der Waals surface area contributed by atoms with Crippen LogP contribution < -0.4 is 16.0 Å². The molecule has 1 heterocycles. The van der Waals surface area contributed by atoms with Crippen molar-refractivity contribution in [3.05, 3.63) is 94.0 Å². The highest BCUT2D eigenvalue weighted by molar-refractivity contribution is 6.30. The second kappa shape index (κ2) is 12.6. The second-order valence-electron chi connectivity index (χ2n) is 9.63. The number of aryl methyl sites for hydroxylation is 1. The number of likely N-dealkylation sites (N-methyl/N-ethyl adjacent to an activating group) is 1. The largest absolute Gasteiger partial charge is 0.481 e. The van der Waals surface area contributed by atoms with Gasteiger partial charge in [-0.25, -0.2) is 9.59 Å². The summed E-state index contributed by atoms with van der Waals surface area (Å²) in [5.41, 5.74) is 4.25. The van der Waals surface area contributed by atoms with Crippen LogP contribution in [-0.4, -0.2) is 52.1 Å². The molecule has 0 spiro atoms. The molecule has 0 aliphatic carbocycles. The Labute approximate surface area is 236 Å². The third-order valence-electron chi connectivity index (χ3n) is 6.61. The highest BCUT2D eigenvalue weighted by Gasteiger charge is 2.35. The number of hydrogen-bond donors (Lipinski definition) is 5. The number of nitrogens with zero attached hydrogens (tertiary/aromatic N) is 1. The van der Waals surface area contributed by atoms with Crippen LogP contribution in [0.3, 0.4) is 0 Å². The lowest BCUT2D eigenvalue weighted by atomic mass is 10.0. The number of carbonyl (C=O) groups is 4. The summed E-state index contributed by atoms with van der Waals surface area (Å²) in [6.07, 6.45) is 0.471. The zero-order valence-corrected chi connectivity index (χ0v) is 22.4. The van der Waals surface area contributed by atoms with E-state index in [0.717, 1.165) is 16.7 Å². The number of carboxylic acid groups (broad SMARTS) is 2. The summed E-state index contributed by atoms with van der Waals surface area (Å²) in [5, 5.41) is 27.3. The van der Waals surface area contributed by atoms with Crippen molar-refractivity contribution >= 4 is 46.9 Å². The van der Waals surface area contributed by atoms with E-state index in [1.807, 2.05) is 4.90 Å². The van der Waals surface area contributed by atoms with Crippen molar-refractivity contribution in [2.24, 2.45) is 0 Å². The number of hydrogen-bond acceptors (Lipinski definition) is 5. The van der Waals surface area contributed by atoms with Crippen molar-refractivity contribution in [1.29, 1.82) is 0 Å². The van der Waals surface area contributed by atoms with Crippen molar-refractivity contribution < 1.29 is 29.4 Å². The van der Waals surface area contributed by atoms with E-state index in [0.29, 0.717) is 34.9 Å². The molecular formula is C29H29ClN4O6. The zero-order valence-electron chi connectivity index (χ0n) is 21.7. The van der Waals surface area contributed by atoms with Gasteiger partial charge in [-0.15, -0.1) is 0 Å². The van der Waals surface area contributed by atoms with Gasteiger partial charge in [0.15, 0.2) is 0 Å². The van der Waals surface area contributed by atoms with Crippen LogP contribution in [0.15, 0.2) is 66.7 Å². The fraction of sp³-hybridized carbons (Fsp3) is 0.241. The predicted molar refractivity (Wildman–Crippen MR) is 150 cm³/mol. The Morgan fingerprint density at radius 2 is 1.55 bits per heavy atom. The number of aliphatic carboxylic acids is 2. The van der Waals surface area contributed by atoms with Crippen molar-refractivity contribution in [1.82, 2.24) is 10.2 Å². The van der Waals surface area contributed by atoms with Crippen LogP contribution in [0, 0.1) is 0 Å². The number of nitrogens with one attached hydrogen (secondary N) is 3. The van der Waals surface area contributed by atoms with Gasteiger partial charge >= 0.3 is 18.0 Å². The monoisotopic (exact) mass is 564 g/mol. The molecule has 1 aliphatic heterocycles. The molecular weight excluding hydrogens is 536 g/mol. The highest BCUT2D eigenvalue weighted by atomic mass is 35.5. The molecule has 208 valence electrons. The average Bonchev–Trinajstić information content (AvgIpc) is 3.24. The van der Waals surface area contributed by atoms with Crippen LogP contribution in [0.2, 0.25) is 5.02 Å². The van der Waals surface area contributed by atoms with Gasteiger partial charge in [-0.2, -0.15) is 0 Å². The minimum atomic E-state index is -1.16. The van der Waals surface area contributed by atoms with Gasteiger partial charge in [0, 0.05) is 35.8 Å². The van der Waals surface area contributed by atoms with Gasteiger partial charge < -0.3 is 26.2 Å². The number of amides is 3. The molecule has 2 unspecified atom stereocenters. The summed E-state index contributed by atoms with van der Waals surface area (Å²) in [4.78, 5) is 50.2. The molecule has 0 aromatic heterocycles. The van der Waals surface area contributed by atoms with E-state index in [9.17, 15) is 24.3 Å². The number of rotatable bonds is 10. The Kier molecular flexibility index (Phi) is 9.03. The van der Waals surface area contributed by atoms with Gasteiger partial charge in [-0.1, -0.05) is 41.9 Å². The van der Waals surface area contributed by atoms with Crippen LogP contribution in [-0.2, 0) is 33.8 Å². The molecule has 3 aromatic rings. The lowest BCUT2D eigenvalue weighted by molar-refractivity contribution is -0.142. The number of fused-ring (bicyclic) bond motifs is 1. The molecule has 3 amide bonds. The summed E-state index contributed by atoms with van der Waals surface area (Å²) in [6.45, 7) is 0.442. The lowest BCUT2D eigenvalue weighted by Crippen LogP contribution is -2.46. The average molecular weight is 565 g/mol. The topological polar surface area (TPSA) is 148 Å². The Balaban J connectivity index is 1.39. The molecule has 10 nitrogen and oxygen atoms in total. The summed E-state index contributed by atoms with van der Waals surface area (Å²) >= 11 is 5.88. The van der Waals surface area contributed by atoms with E-state index in [2.05, 4.69) is 16.0 Å². The van der Waals surface area contributed by atoms with Crippen LogP contribution >= 0.6 is 11.6 Å². The first-order chi connectivity index (χ1) is 19.1. The third-order valence-corrected chi connectivity index (χ3v) is 6.86. The van der Waals surface area contributed by atoms with E-state index in [1.54, 1.807) is 73.8 Å². The smallest absolute Gasteiger partial charge is 0.326 e. The molecule has 40 heavy (non-hydrogen) atoms. The number of carboxylic acids is 2. The third kappa shape index (κ3) is 7.37. The minimum absolute atomic E-state index is 0.0116. The highest BCUT2D eigenvalue weighted by Crippen LogP contribution is 2.34. The Hall–Kier alpha value is -4.41. The maximum absolute atomic E-state index is 13.3. The van der Waals surface area contributed by atoms with E-state index in [1.165, 1.54) is 0 Å². The van der Waals surface area contributed by atoms with Gasteiger partial charge in [0.2, 0.25) is 5.91 Å². The first-order valence-corrected chi connectivity index (χ1v) is 13.0. The quantitative estimate of drug-likeness (QED) is 0.246. The second-order valence-corrected chi connectivity index (χ2v) is 10.1. The van der Waals surface area contributed by atoms with Gasteiger partial charge in [0.1, 0.15) is 12.1 Å². The molecule has 2 atom stereocenters. The van der Waals surface area contributed by atoms with E-state index >= 15 is 0 Å². The van der Waals surface area contributed by atoms with Crippen molar-refractivity contribution in [3.63, 3.8) is 0 Å². The van der Waals surface area contributed by atoms with E-state index in [-0.39, 0.29) is 12.8 Å². The Morgan fingerprint density at radius 1 is 0.925 bits per heavy atom. The normalized spacial score (nSPS) is 15.1. The van der Waals surface area contributed by atoms with Gasteiger partial charge in [0.05, 0.1) is 0 Å². The van der Waals surface area contributed by atoms with Gasteiger partial charge in [-0.3, -0.25) is 14.5 Å². The fourth-order valence-electron chi connectivity index (χ4n) is 4.63. The number of halogens is 1. The molecule has 0 fully saturated rings. The first-order valence-electron chi connectivity index (χ1n) is 12.6. The maximum atomic E-state index is 13.3. The molecule has 0 bridgehead atoms. The Bertz CT molecular complexity index is 1410. The minimum Gasteiger partial charge on any atom is -0.481 e.